The zero-order valence-electron chi connectivity index (χ0n) is 31.4. The van der Waals surface area contributed by atoms with Crippen molar-refractivity contribution in [1.82, 2.24) is 24.1 Å². The Balaban J connectivity index is 1.20. The maximum atomic E-state index is 5.63. The van der Waals surface area contributed by atoms with Crippen LogP contribution in [0, 0.1) is 20.8 Å². The lowest BCUT2D eigenvalue weighted by Gasteiger charge is -2.15. The van der Waals surface area contributed by atoms with E-state index in [4.69, 9.17) is 9.97 Å². The van der Waals surface area contributed by atoms with Crippen molar-refractivity contribution in [3.63, 3.8) is 0 Å². The van der Waals surface area contributed by atoms with E-state index in [1.165, 1.54) is 49.4 Å². The minimum Gasteiger partial charge on any atom is -0.354 e. The number of hydrogen-bond donors (Lipinski definition) is 1. The van der Waals surface area contributed by atoms with Crippen LogP contribution in [0.4, 0.5) is 0 Å². The molecule has 0 fully saturated rings. The summed E-state index contributed by atoms with van der Waals surface area (Å²) in [6.07, 6.45) is 1.86. The van der Waals surface area contributed by atoms with Gasteiger partial charge in [-0.25, -0.2) is 9.97 Å². The number of H-pyrrole nitrogens is 1. The number of fused-ring (bicyclic) bond motifs is 7. The number of aryl methyl sites for hydroxylation is 3. The van der Waals surface area contributed by atoms with Crippen molar-refractivity contribution in [2.75, 3.05) is 0 Å². The van der Waals surface area contributed by atoms with E-state index in [1.807, 2.05) is 18.3 Å². The number of pyridine rings is 1. The van der Waals surface area contributed by atoms with Gasteiger partial charge < -0.3 is 4.98 Å². The Morgan fingerprint density at radius 2 is 1.23 bits per heavy atom. The van der Waals surface area contributed by atoms with E-state index in [-0.39, 0.29) is 0 Å². The second kappa shape index (κ2) is 12.4. The number of nitrogens with one attached hydrogen (secondary N) is 1. The topological polar surface area (TPSA) is 51.4 Å². The van der Waals surface area contributed by atoms with Gasteiger partial charge in [0.25, 0.3) is 0 Å². The molecule has 7 aromatic carbocycles. The molecule has 0 aliphatic rings. The van der Waals surface area contributed by atoms with Gasteiger partial charge in [0.2, 0.25) is 0 Å². The number of hydrogen-bond acceptors (Lipinski definition) is 2. The van der Waals surface area contributed by atoms with Gasteiger partial charge in [0, 0.05) is 50.1 Å². The Bertz CT molecular complexity index is 3300. The van der Waals surface area contributed by atoms with E-state index in [0.29, 0.717) is 0 Å². The molecule has 0 aliphatic carbocycles. The van der Waals surface area contributed by atoms with Gasteiger partial charge in [0.15, 0.2) is 0 Å². The molecule has 0 aliphatic heterocycles. The van der Waals surface area contributed by atoms with Gasteiger partial charge in [-0.05, 0) is 103 Å². The van der Waals surface area contributed by atoms with Crippen LogP contribution in [0.3, 0.4) is 0 Å². The van der Waals surface area contributed by atoms with Gasteiger partial charge in [0.1, 0.15) is 11.6 Å². The Morgan fingerprint density at radius 3 is 2.05 bits per heavy atom. The van der Waals surface area contributed by atoms with Crippen molar-refractivity contribution >= 4 is 54.6 Å². The largest absolute Gasteiger partial charge is 0.354 e. The third kappa shape index (κ3) is 4.80. The molecule has 5 heteroatoms. The normalized spacial score (nSPS) is 11.8. The third-order valence-corrected chi connectivity index (χ3v) is 11.4. The maximum Gasteiger partial charge on any atom is 0.147 e. The number of rotatable bonds is 5. The van der Waals surface area contributed by atoms with Crippen LogP contribution in [0.5, 0.6) is 0 Å². The summed E-state index contributed by atoms with van der Waals surface area (Å²) in [7, 11) is 0. The summed E-state index contributed by atoms with van der Waals surface area (Å²) in [5.41, 5.74) is 17.1. The summed E-state index contributed by atoms with van der Waals surface area (Å²) in [4.78, 5) is 14.3. The number of nitrogens with zero attached hydrogens (tertiary/aromatic N) is 4. The fraction of sp³-hybridized carbons (Fsp3) is 0.0588. The Labute approximate surface area is 324 Å². The van der Waals surface area contributed by atoms with Crippen molar-refractivity contribution in [1.29, 1.82) is 0 Å². The molecule has 5 nitrogen and oxygen atoms in total. The van der Waals surface area contributed by atoms with E-state index >= 15 is 0 Å². The third-order valence-electron chi connectivity index (χ3n) is 11.4. The van der Waals surface area contributed by atoms with Gasteiger partial charge >= 0.3 is 0 Å². The summed E-state index contributed by atoms with van der Waals surface area (Å²) in [5.74, 6) is 1.79. The number of para-hydroxylation sites is 4. The molecule has 4 heterocycles. The SMILES string of the molecule is Cc1cc(C)c(-c2ccc(-c3nc4c(-c5ccc6c7ccccc7n(-c7ccccn7)c6c5)cccc4n3-c3ccccc3)c3[nH]c4ccccc4c23)c(C)c1. The van der Waals surface area contributed by atoms with Gasteiger partial charge in [0.05, 0.1) is 27.6 Å². The molecular weight excluding hydrogens is 683 g/mol. The standard InChI is InChI=1S/C51H37N5/c1-31-28-32(2)47(33(3)29-31)40-25-26-41(50-48(40)39-17-7-9-19-42(39)53-50)51-54-49-36(18-13-21-44(49)55(51)35-14-5-4-6-15-35)34-23-24-38-37-16-8-10-20-43(37)56(45(38)30-34)46-22-11-12-27-52-46/h4-30,53H,1-3H3. The van der Waals surface area contributed by atoms with E-state index in [2.05, 4.69) is 180 Å². The lowest BCUT2D eigenvalue weighted by atomic mass is 9.90. The number of aromatic nitrogens is 5. The zero-order valence-corrected chi connectivity index (χ0v) is 31.4. The molecule has 0 bridgehead atoms. The number of benzene rings is 7. The molecule has 266 valence electrons. The van der Waals surface area contributed by atoms with Crippen LogP contribution in [-0.4, -0.2) is 24.1 Å². The minimum atomic E-state index is 0.891. The average molecular weight is 720 g/mol. The molecule has 11 aromatic rings. The molecular formula is C51H37N5. The summed E-state index contributed by atoms with van der Waals surface area (Å²) < 4.78 is 4.60. The summed E-state index contributed by atoms with van der Waals surface area (Å²) >= 11 is 0. The van der Waals surface area contributed by atoms with Gasteiger partial charge in [-0.3, -0.25) is 9.13 Å². The van der Waals surface area contributed by atoms with Crippen LogP contribution in [0.2, 0.25) is 0 Å². The second-order valence-corrected chi connectivity index (χ2v) is 14.9. The van der Waals surface area contributed by atoms with Crippen molar-refractivity contribution in [3.05, 3.63) is 181 Å². The van der Waals surface area contributed by atoms with Crippen LogP contribution in [-0.2, 0) is 0 Å². The number of aromatic amines is 1. The number of imidazole rings is 1. The molecule has 0 saturated carbocycles. The van der Waals surface area contributed by atoms with Crippen LogP contribution in [0.1, 0.15) is 16.7 Å². The molecule has 1 N–H and O–H groups in total. The van der Waals surface area contributed by atoms with Crippen molar-refractivity contribution in [3.8, 4) is 45.1 Å². The van der Waals surface area contributed by atoms with Crippen LogP contribution in [0.25, 0.3) is 99.8 Å². The maximum absolute atomic E-state index is 5.63. The van der Waals surface area contributed by atoms with E-state index < -0.39 is 0 Å². The molecule has 11 rings (SSSR count). The van der Waals surface area contributed by atoms with Crippen LogP contribution < -0.4 is 0 Å². The molecule has 0 atom stereocenters. The second-order valence-electron chi connectivity index (χ2n) is 14.9. The molecule has 0 radical (unpaired) electrons. The Hall–Kier alpha value is -7.24. The van der Waals surface area contributed by atoms with Crippen molar-refractivity contribution < 1.29 is 0 Å². The first-order valence-corrected chi connectivity index (χ1v) is 19.2. The predicted molar refractivity (Wildman–Crippen MR) is 233 cm³/mol. The summed E-state index contributed by atoms with van der Waals surface area (Å²) in [6.45, 7) is 6.63. The smallest absolute Gasteiger partial charge is 0.147 e. The monoisotopic (exact) mass is 719 g/mol. The van der Waals surface area contributed by atoms with Gasteiger partial charge in [-0.1, -0.05) is 109 Å². The minimum absolute atomic E-state index is 0.891. The first-order valence-electron chi connectivity index (χ1n) is 19.2. The van der Waals surface area contributed by atoms with E-state index in [1.54, 1.807) is 0 Å². The van der Waals surface area contributed by atoms with Crippen LogP contribution >= 0.6 is 0 Å². The highest BCUT2D eigenvalue weighted by Crippen LogP contribution is 2.44. The lowest BCUT2D eigenvalue weighted by Crippen LogP contribution is -1.98. The van der Waals surface area contributed by atoms with Gasteiger partial charge in [-0.15, -0.1) is 0 Å². The molecule has 56 heavy (non-hydrogen) atoms. The fourth-order valence-electron chi connectivity index (χ4n) is 9.18. The fourth-order valence-corrected chi connectivity index (χ4v) is 9.18. The van der Waals surface area contributed by atoms with Gasteiger partial charge in [-0.2, -0.15) is 0 Å². The lowest BCUT2D eigenvalue weighted by molar-refractivity contribution is 1.08. The molecule has 0 amide bonds. The highest BCUT2D eigenvalue weighted by atomic mass is 15.1. The first kappa shape index (κ1) is 32.2. The molecule has 0 spiro atoms. The van der Waals surface area contributed by atoms with Crippen LogP contribution in [0.15, 0.2) is 164 Å². The summed E-state index contributed by atoms with van der Waals surface area (Å²) in [5, 5.41) is 4.82. The highest BCUT2D eigenvalue weighted by Gasteiger charge is 2.24. The van der Waals surface area contributed by atoms with Crippen molar-refractivity contribution in [2.24, 2.45) is 0 Å². The Morgan fingerprint density at radius 1 is 0.518 bits per heavy atom. The molecule has 4 aromatic heterocycles. The first-order chi connectivity index (χ1) is 27.5. The zero-order chi connectivity index (χ0) is 37.5. The highest BCUT2D eigenvalue weighted by molar-refractivity contribution is 6.18. The Kier molecular flexibility index (Phi) is 7.13. The predicted octanol–water partition coefficient (Wildman–Crippen LogP) is 13.1. The molecule has 0 unspecified atom stereocenters. The molecule has 0 saturated heterocycles. The van der Waals surface area contributed by atoms with E-state index in [9.17, 15) is 0 Å². The summed E-state index contributed by atoms with van der Waals surface area (Å²) in [6, 6.07) is 56.4. The van der Waals surface area contributed by atoms with E-state index in [0.717, 1.165) is 67.1 Å². The van der Waals surface area contributed by atoms with Crippen molar-refractivity contribution in [2.45, 2.75) is 20.8 Å². The quantitative estimate of drug-likeness (QED) is 0.193. The average Bonchev–Trinajstić information content (AvgIpc) is 3.91.